The maximum Gasteiger partial charge on any atom is 0.240 e. The second-order valence-electron chi connectivity index (χ2n) is 5.53. The molecule has 0 aliphatic rings. The smallest absolute Gasteiger partial charge is 0.240 e. The fourth-order valence-electron chi connectivity index (χ4n) is 2.46. The van der Waals surface area contributed by atoms with E-state index in [-0.39, 0.29) is 12.3 Å². The summed E-state index contributed by atoms with van der Waals surface area (Å²) < 4.78 is 27.5. The number of rotatable bonds is 6. The SMILES string of the molecule is O=S(=O)(Cc1ccccc1Cl)N(Cc1ccccc1)c1ccccn1. The van der Waals surface area contributed by atoms with E-state index in [1.165, 1.54) is 4.31 Å². The number of anilines is 1. The van der Waals surface area contributed by atoms with Crippen LogP contribution in [0.15, 0.2) is 79.0 Å². The van der Waals surface area contributed by atoms with Gasteiger partial charge in [0.1, 0.15) is 5.82 Å². The van der Waals surface area contributed by atoms with Crippen LogP contribution in [0.2, 0.25) is 5.02 Å². The Kier molecular flexibility index (Phi) is 5.36. The minimum Gasteiger partial charge on any atom is -0.249 e. The van der Waals surface area contributed by atoms with Crippen molar-refractivity contribution < 1.29 is 8.42 Å². The van der Waals surface area contributed by atoms with Crippen molar-refractivity contribution in [3.8, 4) is 0 Å². The molecule has 3 rings (SSSR count). The van der Waals surface area contributed by atoms with Gasteiger partial charge in [-0.15, -0.1) is 0 Å². The predicted octanol–water partition coefficient (Wildman–Crippen LogP) is 4.27. The maximum atomic E-state index is 13.1. The van der Waals surface area contributed by atoms with Crippen LogP contribution in [0, 0.1) is 0 Å². The van der Waals surface area contributed by atoms with E-state index < -0.39 is 10.0 Å². The molecule has 0 saturated carbocycles. The summed E-state index contributed by atoms with van der Waals surface area (Å²) in [5.74, 6) is 0.203. The minimum absolute atomic E-state index is 0.184. The van der Waals surface area contributed by atoms with E-state index in [1.807, 2.05) is 30.3 Å². The van der Waals surface area contributed by atoms with Crippen LogP contribution in [-0.2, 0) is 22.3 Å². The van der Waals surface area contributed by atoms with E-state index in [9.17, 15) is 8.42 Å². The van der Waals surface area contributed by atoms with Crippen molar-refractivity contribution in [2.24, 2.45) is 0 Å². The molecule has 0 bridgehead atoms. The third-order valence-corrected chi connectivity index (χ3v) is 5.74. The van der Waals surface area contributed by atoms with E-state index in [1.54, 1.807) is 48.7 Å². The molecule has 0 radical (unpaired) electrons. The molecular weight excluding hydrogens is 356 g/mol. The van der Waals surface area contributed by atoms with Crippen molar-refractivity contribution in [3.63, 3.8) is 0 Å². The second kappa shape index (κ2) is 7.68. The average Bonchev–Trinajstić information content (AvgIpc) is 2.63. The molecule has 0 spiro atoms. The van der Waals surface area contributed by atoms with Gasteiger partial charge in [-0.2, -0.15) is 0 Å². The molecule has 0 aliphatic carbocycles. The van der Waals surface area contributed by atoms with E-state index in [0.29, 0.717) is 16.4 Å². The Morgan fingerprint density at radius 2 is 1.56 bits per heavy atom. The van der Waals surface area contributed by atoms with Crippen LogP contribution in [-0.4, -0.2) is 13.4 Å². The van der Waals surface area contributed by atoms with Crippen molar-refractivity contribution in [1.29, 1.82) is 0 Å². The van der Waals surface area contributed by atoms with Gasteiger partial charge in [0.15, 0.2) is 0 Å². The summed E-state index contributed by atoms with van der Waals surface area (Å²) in [4.78, 5) is 4.22. The van der Waals surface area contributed by atoms with Crippen LogP contribution in [0.1, 0.15) is 11.1 Å². The lowest BCUT2D eigenvalue weighted by molar-refractivity contribution is 0.589. The molecule has 0 amide bonds. The van der Waals surface area contributed by atoms with Crippen LogP contribution < -0.4 is 4.31 Å². The van der Waals surface area contributed by atoms with Crippen LogP contribution in [0.4, 0.5) is 5.82 Å². The number of sulfonamides is 1. The van der Waals surface area contributed by atoms with Crippen LogP contribution >= 0.6 is 11.6 Å². The number of hydrogen-bond acceptors (Lipinski definition) is 3. The number of nitrogens with zero attached hydrogens (tertiary/aromatic N) is 2. The molecule has 0 unspecified atom stereocenters. The summed E-state index contributed by atoms with van der Waals surface area (Å²) in [6.07, 6.45) is 1.58. The summed E-state index contributed by atoms with van der Waals surface area (Å²) in [6, 6.07) is 21.6. The van der Waals surface area contributed by atoms with Crippen molar-refractivity contribution >= 4 is 27.4 Å². The van der Waals surface area contributed by atoms with E-state index in [2.05, 4.69) is 4.98 Å². The van der Waals surface area contributed by atoms with Crippen molar-refractivity contribution in [3.05, 3.63) is 95.1 Å². The fraction of sp³-hybridized carbons (Fsp3) is 0.105. The highest BCUT2D eigenvalue weighted by atomic mass is 35.5. The van der Waals surface area contributed by atoms with Gasteiger partial charge < -0.3 is 0 Å². The van der Waals surface area contributed by atoms with E-state index in [0.717, 1.165) is 5.56 Å². The van der Waals surface area contributed by atoms with Gasteiger partial charge >= 0.3 is 0 Å². The molecular formula is C19H17ClN2O2S. The second-order valence-corrected chi connectivity index (χ2v) is 7.83. The Labute approximate surface area is 152 Å². The highest BCUT2D eigenvalue weighted by molar-refractivity contribution is 7.92. The summed E-state index contributed by atoms with van der Waals surface area (Å²) in [6.45, 7) is 0.213. The lowest BCUT2D eigenvalue weighted by Crippen LogP contribution is -2.32. The summed E-state index contributed by atoms with van der Waals surface area (Å²) in [5, 5.41) is 0.437. The molecule has 128 valence electrons. The van der Waals surface area contributed by atoms with E-state index in [4.69, 9.17) is 11.6 Å². The first-order chi connectivity index (χ1) is 12.1. The van der Waals surface area contributed by atoms with Crippen LogP contribution in [0.25, 0.3) is 0 Å². The van der Waals surface area contributed by atoms with Crippen molar-refractivity contribution in [2.45, 2.75) is 12.3 Å². The first-order valence-corrected chi connectivity index (χ1v) is 9.74. The summed E-state index contributed by atoms with van der Waals surface area (Å²) >= 11 is 6.14. The number of aromatic nitrogens is 1. The summed E-state index contributed by atoms with van der Waals surface area (Å²) in [5.41, 5.74) is 1.45. The quantitative estimate of drug-likeness (QED) is 0.649. The van der Waals surface area contributed by atoms with Crippen LogP contribution in [0.5, 0.6) is 0 Å². The Morgan fingerprint density at radius 3 is 2.24 bits per heavy atom. The molecule has 25 heavy (non-hydrogen) atoms. The molecule has 0 aliphatic heterocycles. The standard InChI is InChI=1S/C19H17ClN2O2S/c20-18-11-5-4-10-17(18)15-25(23,24)22(19-12-6-7-13-21-19)14-16-8-2-1-3-9-16/h1-13H,14-15H2. The lowest BCUT2D eigenvalue weighted by atomic mass is 10.2. The predicted molar refractivity (Wildman–Crippen MR) is 101 cm³/mol. The molecule has 0 N–H and O–H groups in total. The average molecular weight is 373 g/mol. The highest BCUT2D eigenvalue weighted by Gasteiger charge is 2.25. The van der Waals surface area contributed by atoms with Gasteiger partial charge in [-0.3, -0.25) is 0 Å². The largest absolute Gasteiger partial charge is 0.249 e. The number of hydrogen-bond donors (Lipinski definition) is 0. The Bertz CT molecular complexity index is 932. The maximum absolute atomic E-state index is 13.1. The molecule has 1 heterocycles. The summed E-state index contributed by atoms with van der Waals surface area (Å²) in [7, 11) is -3.66. The molecule has 6 heteroatoms. The number of halogens is 1. The molecule has 1 aromatic heterocycles. The zero-order valence-corrected chi connectivity index (χ0v) is 15.0. The normalized spacial score (nSPS) is 11.2. The van der Waals surface area contributed by atoms with Gasteiger partial charge in [-0.25, -0.2) is 17.7 Å². The van der Waals surface area contributed by atoms with Gasteiger partial charge in [0, 0.05) is 11.2 Å². The third kappa shape index (κ3) is 4.38. The Morgan fingerprint density at radius 1 is 0.880 bits per heavy atom. The van der Waals surface area contributed by atoms with Gasteiger partial charge in [-0.1, -0.05) is 66.2 Å². The molecule has 3 aromatic rings. The first-order valence-electron chi connectivity index (χ1n) is 7.75. The molecule has 4 nitrogen and oxygen atoms in total. The van der Waals surface area contributed by atoms with Crippen molar-refractivity contribution in [1.82, 2.24) is 4.98 Å². The van der Waals surface area contributed by atoms with E-state index >= 15 is 0 Å². The van der Waals surface area contributed by atoms with Gasteiger partial charge in [0.05, 0.1) is 12.3 Å². The molecule has 0 atom stereocenters. The molecule has 2 aromatic carbocycles. The molecule has 0 fully saturated rings. The monoisotopic (exact) mass is 372 g/mol. The number of pyridine rings is 1. The zero-order valence-electron chi connectivity index (χ0n) is 13.4. The number of benzene rings is 2. The van der Waals surface area contributed by atoms with Crippen LogP contribution in [0.3, 0.4) is 0 Å². The van der Waals surface area contributed by atoms with Crippen molar-refractivity contribution in [2.75, 3.05) is 4.31 Å². The van der Waals surface area contributed by atoms with Gasteiger partial charge in [0.2, 0.25) is 10.0 Å². The Balaban J connectivity index is 1.97. The fourth-order valence-corrected chi connectivity index (χ4v) is 4.28. The minimum atomic E-state index is -3.66. The molecule has 0 saturated heterocycles. The zero-order chi connectivity index (χ0) is 17.7. The third-order valence-electron chi connectivity index (χ3n) is 3.71. The topological polar surface area (TPSA) is 50.3 Å². The Hall–Kier alpha value is -2.37. The highest BCUT2D eigenvalue weighted by Crippen LogP contribution is 2.24. The lowest BCUT2D eigenvalue weighted by Gasteiger charge is -2.23. The van der Waals surface area contributed by atoms with Gasteiger partial charge in [0.25, 0.3) is 0 Å². The van der Waals surface area contributed by atoms with Gasteiger partial charge in [-0.05, 0) is 29.3 Å². The first kappa shape index (κ1) is 17.5.